The van der Waals surface area contributed by atoms with Crippen molar-refractivity contribution in [2.45, 2.75) is 32.6 Å². The molecule has 0 heterocycles. The molecule has 0 aromatic heterocycles. The SMILES string of the molecule is C/C=C(\C#N)c1ccc2c(c1)CCCC2. The van der Waals surface area contributed by atoms with Gasteiger partial charge in [0.1, 0.15) is 0 Å². The van der Waals surface area contributed by atoms with Gasteiger partial charge >= 0.3 is 0 Å². The van der Waals surface area contributed by atoms with Gasteiger partial charge < -0.3 is 0 Å². The highest BCUT2D eigenvalue weighted by Gasteiger charge is 2.10. The summed E-state index contributed by atoms with van der Waals surface area (Å²) in [6.45, 7) is 1.91. The summed E-state index contributed by atoms with van der Waals surface area (Å²) in [7, 11) is 0. The molecule has 0 N–H and O–H groups in total. The second-order valence-corrected chi connectivity index (χ2v) is 4.00. The first-order valence-corrected chi connectivity index (χ1v) is 5.53. The lowest BCUT2D eigenvalue weighted by Gasteiger charge is -2.16. The van der Waals surface area contributed by atoms with E-state index in [0.29, 0.717) is 0 Å². The lowest BCUT2D eigenvalue weighted by atomic mass is 9.89. The number of nitriles is 1. The molecule has 0 fully saturated rings. The smallest absolute Gasteiger partial charge is 0.0994 e. The maximum absolute atomic E-state index is 8.97. The minimum Gasteiger partial charge on any atom is -0.192 e. The summed E-state index contributed by atoms with van der Waals surface area (Å²) >= 11 is 0. The quantitative estimate of drug-likeness (QED) is 0.632. The maximum Gasteiger partial charge on any atom is 0.0994 e. The number of nitrogens with zero attached hydrogens (tertiary/aromatic N) is 1. The van der Waals surface area contributed by atoms with Crippen LogP contribution in [0.2, 0.25) is 0 Å². The molecule has 0 saturated heterocycles. The van der Waals surface area contributed by atoms with Crippen LogP contribution in [0.4, 0.5) is 0 Å². The Balaban J connectivity index is 2.41. The summed E-state index contributed by atoms with van der Waals surface area (Å²) in [5.74, 6) is 0. The van der Waals surface area contributed by atoms with Crippen LogP contribution in [-0.4, -0.2) is 0 Å². The standard InChI is InChI=1S/C14H15N/c1-2-11(10-15)14-8-7-12-5-3-4-6-13(12)9-14/h2,7-9H,3-6H2,1H3/b11-2+. The molecule has 1 heteroatoms. The third-order valence-corrected chi connectivity index (χ3v) is 3.07. The Bertz CT molecular complexity index is 435. The van der Waals surface area contributed by atoms with E-state index in [-0.39, 0.29) is 0 Å². The molecular weight excluding hydrogens is 182 g/mol. The molecule has 0 saturated carbocycles. The summed E-state index contributed by atoms with van der Waals surface area (Å²) in [4.78, 5) is 0. The van der Waals surface area contributed by atoms with Crippen molar-refractivity contribution < 1.29 is 0 Å². The highest BCUT2D eigenvalue weighted by atomic mass is 14.2. The molecular formula is C14H15N. The summed E-state index contributed by atoms with van der Waals surface area (Å²) in [6, 6.07) is 8.68. The van der Waals surface area contributed by atoms with Gasteiger partial charge in [0.25, 0.3) is 0 Å². The van der Waals surface area contributed by atoms with Gasteiger partial charge in [-0.15, -0.1) is 0 Å². The van der Waals surface area contributed by atoms with Crippen molar-refractivity contribution in [2.75, 3.05) is 0 Å². The molecule has 76 valence electrons. The van der Waals surface area contributed by atoms with E-state index in [1.54, 1.807) is 0 Å². The van der Waals surface area contributed by atoms with Gasteiger partial charge in [-0.05, 0) is 49.3 Å². The lowest BCUT2D eigenvalue weighted by molar-refractivity contribution is 0.685. The van der Waals surface area contributed by atoms with Crippen molar-refractivity contribution in [3.05, 3.63) is 41.0 Å². The Morgan fingerprint density at radius 1 is 1.27 bits per heavy atom. The Morgan fingerprint density at radius 2 is 2.00 bits per heavy atom. The second kappa shape index (κ2) is 4.31. The molecule has 0 atom stereocenters. The first kappa shape index (κ1) is 9.98. The predicted octanol–water partition coefficient (Wildman–Crippen LogP) is 3.49. The Morgan fingerprint density at radius 3 is 2.67 bits per heavy atom. The molecule has 0 aliphatic heterocycles. The Kier molecular flexibility index (Phi) is 2.87. The molecule has 0 bridgehead atoms. The molecule has 1 aromatic carbocycles. The van der Waals surface area contributed by atoms with Crippen molar-refractivity contribution in [2.24, 2.45) is 0 Å². The van der Waals surface area contributed by atoms with E-state index in [9.17, 15) is 0 Å². The molecule has 1 aromatic rings. The van der Waals surface area contributed by atoms with Crippen LogP contribution in [0.3, 0.4) is 0 Å². The molecule has 1 aliphatic carbocycles. The van der Waals surface area contributed by atoms with Crippen LogP contribution in [0.25, 0.3) is 5.57 Å². The van der Waals surface area contributed by atoms with Crippen LogP contribution >= 0.6 is 0 Å². The van der Waals surface area contributed by atoms with Gasteiger partial charge in [-0.25, -0.2) is 0 Å². The van der Waals surface area contributed by atoms with Crippen LogP contribution in [-0.2, 0) is 12.8 Å². The lowest BCUT2D eigenvalue weighted by Crippen LogP contribution is -2.02. The van der Waals surface area contributed by atoms with Gasteiger partial charge in [0, 0.05) is 0 Å². The Labute approximate surface area is 91.0 Å². The first-order valence-electron chi connectivity index (χ1n) is 5.53. The highest BCUT2D eigenvalue weighted by Crippen LogP contribution is 2.24. The van der Waals surface area contributed by atoms with E-state index in [1.165, 1.54) is 36.8 Å². The summed E-state index contributed by atoms with van der Waals surface area (Å²) in [5, 5.41) is 8.97. The molecule has 2 rings (SSSR count). The number of hydrogen-bond donors (Lipinski definition) is 0. The van der Waals surface area contributed by atoms with Crippen LogP contribution in [0, 0.1) is 11.3 Å². The number of hydrogen-bond acceptors (Lipinski definition) is 1. The minimum atomic E-state index is 0.781. The van der Waals surface area contributed by atoms with E-state index in [1.807, 2.05) is 13.0 Å². The summed E-state index contributed by atoms with van der Waals surface area (Å²) in [5.41, 5.74) is 4.76. The molecule has 1 aliphatic rings. The molecule has 15 heavy (non-hydrogen) atoms. The van der Waals surface area contributed by atoms with E-state index in [4.69, 9.17) is 5.26 Å². The number of allylic oxidation sites excluding steroid dienone is 2. The fourth-order valence-corrected chi connectivity index (χ4v) is 2.20. The Hall–Kier alpha value is -1.55. The van der Waals surface area contributed by atoms with Crippen LogP contribution in [0.15, 0.2) is 24.3 Å². The van der Waals surface area contributed by atoms with Gasteiger partial charge in [-0.1, -0.05) is 24.3 Å². The monoisotopic (exact) mass is 197 g/mol. The zero-order valence-electron chi connectivity index (χ0n) is 9.09. The summed E-state index contributed by atoms with van der Waals surface area (Å²) < 4.78 is 0. The van der Waals surface area contributed by atoms with Gasteiger partial charge in [-0.3, -0.25) is 0 Å². The molecule has 1 nitrogen and oxygen atoms in total. The molecule has 0 spiro atoms. The van der Waals surface area contributed by atoms with E-state index in [0.717, 1.165) is 11.1 Å². The number of benzene rings is 1. The van der Waals surface area contributed by atoms with Crippen molar-refractivity contribution in [3.8, 4) is 6.07 Å². The summed E-state index contributed by atoms with van der Waals surface area (Å²) in [6.07, 6.45) is 6.85. The fourth-order valence-electron chi connectivity index (χ4n) is 2.20. The van der Waals surface area contributed by atoms with E-state index >= 15 is 0 Å². The molecule has 0 unspecified atom stereocenters. The third-order valence-electron chi connectivity index (χ3n) is 3.07. The number of aryl methyl sites for hydroxylation is 2. The highest BCUT2D eigenvalue weighted by molar-refractivity contribution is 5.76. The first-order chi connectivity index (χ1) is 7.35. The van der Waals surface area contributed by atoms with Crippen LogP contribution in [0.5, 0.6) is 0 Å². The van der Waals surface area contributed by atoms with E-state index < -0.39 is 0 Å². The van der Waals surface area contributed by atoms with Crippen LogP contribution in [0.1, 0.15) is 36.5 Å². The van der Waals surface area contributed by atoms with Gasteiger partial charge in [-0.2, -0.15) is 5.26 Å². The molecule has 0 amide bonds. The molecule has 0 radical (unpaired) electrons. The second-order valence-electron chi connectivity index (χ2n) is 4.00. The number of rotatable bonds is 1. The minimum absolute atomic E-state index is 0.781. The van der Waals surface area contributed by atoms with Gasteiger partial charge in [0.2, 0.25) is 0 Å². The van der Waals surface area contributed by atoms with Crippen molar-refractivity contribution in [1.82, 2.24) is 0 Å². The average Bonchev–Trinajstić information content (AvgIpc) is 2.30. The van der Waals surface area contributed by atoms with Crippen molar-refractivity contribution in [3.63, 3.8) is 0 Å². The zero-order valence-corrected chi connectivity index (χ0v) is 9.09. The van der Waals surface area contributed by atoms with Crippen molar-refractivity contribution in [1.29, 1.82) is 5.26 Å². The topological polar surface area (TPSA) is 23.8 Å². The van der Waals surface area contributed by atoms with Crippen molar-refractivity contribution >= 4 is 5.57 Å². The van der Waals surface area contributed by atoms with Crippen LogP contribution < -0.4 is 0 Å². The fraction of sp³-hybridized carbons (Fsp3) is 0.357. The predicted molar refractivity (Wildman–Crippen MR) is 62.3 cm³/mol. The largest absolute Gasteiger partial charge is 0.192 e. The normalized spacial score (nSPS) is 15.6. The van der Waals surface area contributed by atoms with E-state index in [2.05, 4.69) is 24.3 Å². The number of fused-ring (bicyclic) bond motifs is 1. The average molecular weight is 197 g/mol. The van der Waals surface area contributed by atoms with Gasteiger partial charge in [0.15, 0.2) is 0 Å². The zero-order chi connectivity index (χ0) is 10.7. The van der Waals surface area contributed by atoms with Gasteiger partial charge in [0.05, 0.1) is 11.6 Å². The maximum atomic E-state index is 8.97. The third kappa shape index (κ3) is 1.94.